The van der Waals surface area contributed by atoms with Crippen molar-refractivity contribution in [1.29, 1.82) is 0 Å². The zero-order valence-electron chi connectivity index (χ0n) is 10.5. The maximum Gasteiger partial charge on any atom is 0.337 e. The number of carbonyl (C=O) groups is 1. The number of anilines is 2. The Hall–Kier alpha value is -2.14. The van der Waals surface area contributed by atoms with Crippen LogP contribution in [0, 0.1) is 13.8 Å². The van der Waals surface area contributed by atoms with E-state index in [-0.39, 0.29) is 18.0 Å². The van der Waals surface area contributed by atoms with Gasteiger partial charge in [-0.05, 0) is 32.0 Å². The first-order chi connectivity index (χ1) is 8.56. The summed E-state index contributed by atoms with van der Waals surface area (Å²) >= 11 is 0. The van der Waals surface area contributed by atoms with Crippen molar-refractivity contribution in [3.8, 4) is 0 Å². The summed E-state index contributed by atoms with van der Waals surface area (Å²) in [5.74, 6) is -0.580. The van der Waals surface area contributed by atoms with Gasteiger partial charge in [-0.2, -0.15) is 0 Å². The van der Waals surface area contributed by atoms with E-state index in [1.165, 1.54) is 6.07 Å². The Balaban J connectivity index is 0.00000180. The molecular weight excluding hydrogens is 266 g/mol. The molecule has 2 rings (SSSR count). The van der Waals surface area contributed by atoms with Crippen LogP contribution in [0.4, 0.5) is 11.6 Å². The van der Waals surface area contributed by atoms with Gasteiger partial charge in [0.1, 0.15) is 0 Å². The van der Waals surface area contributed by atoms with Crippen molar-refractivity contribution in [2.45, 2.75) is 13.8 Å². The first-order valence-electron chi connectivity index (χ1n) is 5.48. The summed E-state index contributed by atoms with van der Waals surface area (Å²) in [6.45, 7) is 3.73. The number of aromatic carboxylic acids is 1. The third-order valence-corrected chi connectivity index (χ3v) is 2.39. The first kappa shape index (κ1) is 14.9. The summed E-state index contributed by atoms with van der Waals surface area (Å²) in [6.07, 6.45) is 0. The maximum atomic E-state index is 11.1. The Kier molecular flexibility index (Phi) is 4.83. The molecule has 0 fully saturated rings. The van der Waals surface area contributed by atoms with E-state index in [1.54, 1.807) is 18.2 Å². The van der Waals surface area contributed by atoms with E-state index in [1.807, 2.05) is 19.9 Å². The monoisotopic (exact) mass is 279 g/mol. The highest BCUT2D eigenvalue weighted by atomic mass is 35.5. The third kappa shape index (κ3) is 3.66. The number of halogens is 1. The van der Waals surface area contributed by atoms with E-state index in [4.69, 9.17) is 5.11 Å². The van der Waals surface area contributed by atoms with Crippen LogP contribution in [-0.4, -0.2) is 21.0 Å². The highest BCUT2D eigenvalue weighted by Gasteiger charge is 2.10. The van der Waals surface area contributed by atoms with E-state index in [0.29, 0.717) is 11.6 Å². The van der Waals surface area contributed by atoms with E-state index in [9.17, 15) is 4.79 Å². The number of aromatic nitrogens is 2. The quantitative estimate of drug-likeness (QED) is 0.903. The van der Waals surface area contributed by atoms with E-state index in [0.717, 1.165) is 11.4 Å². The van der Waals surface area contributed by atoms with Crippen LogP contribution >= 0.6 is 12.4 Å². The zero-order chi connectivity index (χ0) is 13.1. The van der Waals surface area contributed by atoms with Gasteiger partial charge in [-0.25, -0.2) is 14.8 Å². The second kappa shape index (κ2) is 6.15. The molecule has 0 amide bonds. The molecule has 0 radical (unpaired) electrons. The summed E-state index contributed by atoms with van der Waals surface area (Å²) in [5, 5.41) is 12.0. The van der Waals surface area contributed by atoms with Gasteiger partial charge in [-0.3, -0.25) is 0 Å². The molecule has 0 aliphatic carbocycles. The van der Waals surface area contributed by atoms with Crippen molar-refractivity contribution >= 4 is 30.0 Å². The van der Waals surface area contributed by atoms with Gasteiger partial charge in [0.05, 0.1) is 11.3 Å². The minimum atomic E-state index is -0.984. The van der Waals surface area contributed by atoms with Gasteiger partial charge in [0.15, 0.2) is 0 Å². The molecule has 19 heavy (non-hydrogen) atoms. The lowest BCUT2D eigenvalue weighted by Gasteiger charge is -2.08. The van der Waals surface area contributed by atoms with Gasteiger partial charge in [-0.15, -0.1) is 12.4 Å². The number of rotatable bonds is 3. The molecule has 0 atom stereocenters. The highest BCUT2D eigenvalue weighted by Crippen LogP contribution is 2.18. The minimum absolute atomic E-state index is 0. The summed E-state index contributed by atoms with van der Waals surface area (Å²) in [7, 11) is 0. The summed E-state index contributed by atoms with van der Waals surface area (Å²) in [5.41, 5.74) is 2.34. The van der Waals surface area contributed by atoms with Crippen molar-refractivity contribution in [1.82, 2.24) is 9.97 Å². The van der Waals surface area contributed by atoms with E-state index < -0.39 is 5.97 Å². The minimum Gasteiger partial charge on any atom is -0.478 e. The fraction of sp³-hybridized carbons (Fsp3) is 0.154. The molecule has 1 aromatic carbocycles. The number of aryl methyl sites for hydroxylation is 2. The Bertz CT molecular complexity index is 582. The number of benzene rings is 1. The molecule has 6 heteroatoms. The van der Waals surface area contributed by atoms with Crippen molar-refractivity contribution < 1.29 is 9.90 Å². The van der Waals surface area contributed by atoms with Crippen molar-refractivity contribution in [3.05, 3.63) is 47.3 Å². The summed E-state index contributed by atoms with van der Waals surface area (Å²) in [6, 6.07) is 8.51. The Morgan fingerprint density at radius 3 is 2.32 bits per heavy atom. The molecule has 0 saturated carbocycles. The van der Waals surface area contributed by atoms with Crippen LogP contribution in [0.1, 0.15) is 21.7 Å². The molecular formula is C13H14ClN3O2. The number of hydrogen-bond acceptors (Lipinski definition) is 4. The largest absolute Gasteiger partial charge is 0.478 e. The van der Waals surface area contributed by atoms with Gasteiger partial charge < -0.3 is 10.4 Å². The molecule has 0 aliphatic rings. The molecule has 0 aliphatic heterocycles. The molecule has 1 heterocycles. The smallest absolute Gasteiger partial charge is 0.337 e. The van der Waals surface area contributed by atoms with Crippen LogP contribution < -0.4 is 5.32 Å². The first-order valence-corrected chi connectivity index (χ1v) is 5.48. The predicted octanol–water partition coefficient (Wildman–Crippen LogP) is 2.96. The second-order valence-electron chi connectivity index (χ2n) is 3.95. The average Bonchev–Trinajstić information content (AvgIpc) is 2.27. The van der Waals surface area contributed by atoms with Crippen molar-refractivity contribution in [2.24, 2.45) is 0 Å². The molecule has 2 aromatic rings. The fourth-order valence-electron chi connectivity index (χ4n) is 1.68. The Labute approximate surface area is 117 Å². The predicted molar refractivity (Wildman–Crippen MR) is 75.4 cm³/mol. The number of nitrogens with zero attached hydrogens (tertiary/aromatic N) is 2. The topological polar surface area (TPSA) is 75.1 Å². The molecule has 2 N–H and O–H groups in total. The third-order valence-electron chi connectivity index (χ3n) is 2.39. The normalized spacial score (nSPS) is 9.58. The summed E-state index contributed by atoms with van der Waals surface area (Å²) < 4.78 is 0. The number of carboxylic acids is 1. The molecule has 5 nitrogen and oxygen atoms in total. The average molecular weight is 280 g/mol. The lowest BCUT2D eigenvalue weighted by Crippen LogP contribution is -2.05. The standard InChI is InChI=1S/C13H13N3O2.ClH/c1-8-7-9(2)15-13(14-8)16-11-6-4-3-5-10(11)12(17)18;/h3-7H,1-2H3,(H,17,18)(H,14,15,16);1H. The lowest BCUT2D eigenvalue weighted by molar-refractivity contribution is 0.0698. The van der Waals surface area contributed by atoms with E-state index >= 15 is 0 Å². The van der Waals surface area contributed by atoms with Crippen molar-refractivity contribution in [3.63, 3.8) is 0 Å². The van der Waals surface area contributed by atoms with Crippen LogP contribution in [0.25, 0.3) is 0 Å². The lowest BCUT2D eigenvalue weighted by atomic mass is 10.2. The molecule has 0 spiro atoms. The number of nitrogens with one attached hydrogen (secondary N) is 1. The van der Waals surface area contributed by atoms with Crippen molar-refractivity contribution in [2.75, 3.05) is 5.32 Å². The van der Waals surface area contributed by atoms with Gasteiger partial charge in [-0.1, -0.05) is 12.1 Å². The number of carboxylic acid groups (broad SMARTS) is 1. The van der Waals surface area contributed by atoms with Crippen LogP contribution in [0.15, 0.2) is 30.3 Å². The van der Waals surface area contributed by atoms with Crippen LogP contribution in [0.3, 0.4) is 0 Å². The van der Waals surface area contributed by atoms with Gasteiger partial charge in [0, 0.05) is 11.4 Å². The fourth-order valence-corrected chi connectivity index (χ4v) is 1.68. The summed E-state index contributed by atoms with van der Waals surface area (Å²) in [4.78, 5) is 19.5. The molecule has 100 valence electrons. The van der Waals surface area contributed by atoms with Crippen LogP contribution in [0.5, 0.6) is 0 Å². The van der Waals surface area contributed by atoms with Gasteiger partial charge >= 0.3 is 5.97 Å². The Morgan fingerprint density at radius 2 is 1.74 bits per heavy atom. The Morgan fingerprint density at radius 1 is 1.16 bits per heavy atom. The molecule has 0 saturated heterocycles. The van der Waals surface area contributed by atoms with Crippen LogP contribution in [0.2, 0.25) is 0 Å². The van der Waals surface area contributed by atoms with Gasteiger partial charge in [0.25, 0.3) is 0 Å². The SMILES string of the molecule is Cc1cc(C)nc(Nc2ccccc2C(=O)O)n1.Cl. The van der Waals surface area contributed by atoms with Gasteiger partial charge in [0.2, 0.25) is 5.95 Å². The zero-order valence-corrected chi connectivity index (χ0v) is 11.4. The molecule has 1 aromatic heterocycles. The number of hydrogen-bond donors (Lipinski definition) is 2. The highest BCUT2D eigenvalue weighted by molar-refractivity contribution is 5.94. The number of para-hydroxylation sites is 1. The molecule has 0 unspecified atom stereocenters. The second-order valence-corrected chi connectivity index (χ2v) is 3.95. The van der Waals surface area contributed by atoms with E-state index in [2.05, 4.69) is 15.3 Å². The van der Waals surface area contributed by atoms with Crippen LogP contribution in [-0.2, 0) is 0 Å². The maximum absolute atomic E-state index is 11.1. The molecule has 0 bridgehead atoms.